The Morgan fingerprint density at radius 3 is 2.35 bits per heavy atom. The number of rotatable bonds is 4. The van der Waals surface area contributed by atoms with E-state index in [-0.39, 0.29) is 18.4 Å². The van der Waals surface area contributed by atoms with Crippen LogP contribution in [-0.4, -0.2) is 23.2 Å². The van der Waals surface area contributed by atoms with Crippen molar-refractivity contribution in [2.75, 3.05) is 11.5 Å². The zero-order valence-electron chi connectivity index (χ0n) is 11.5. The molecule has 20 heavy (non-hydrogen) atoms. The molecule has 1 aromatic rings. The van der Waals surface area contributed by atoms with Crippen LogP contribution in [0.4, 0.5) is 5.69 Å². The molecule has 0 bridgehead atoms. The lowest BCUT2D eigenvalue weighted by molar-refractivity contribution is -0.121. The zero-order chi connectivity index (χ0) is 14.2. The monoisotopic (exact) mass is 293 g/mol. The topological polar surface area (TPSA) is 40.5 Å². The SMILES string of the molecule is O=C(C1CC1)N(c1ccc(Cl)cc1)C1(CO)CCCC1. The second kappa shape index (κ2) is 5.38. The van der Waals surface area contributed by atoms with Crippen LogP contribution in [0.25, 0.3) is 0 Å². The zero-order valence-corrected chi connectivity index (χ0v) is 12.3. The molecule has 0 saturated heterocycles. The van der Waals surface area contributed by atoms with Crippen LogP contribution in [0.5, 0.6) is 0 Å². The summed E-state index contributed by atoms with van der Waals surface area (Å²) in [6.45, 7) is 0.0358. The van der Waals surface area contributed by atoms with E-state index in [0.29, 0.717) is 5.02 Å². The number of halogens is 1. The number of hydrogen-bond donors (Lipinski definition) is 1. The van der Waals surface area contributed by atoms with E-state index in [9.17, 15) is 9.90 Å². The van der Waals surface area contributed by atoms with E-state index in [0.717, 1.165) is 44.2 Å². The molecule has 3 rings (SSSR count). The molecule has 2 fully saturated rings. The number of carbonyl (C=O) groups excluding carboxylic acids is 1. The third kappa shape index (κ3) is 2.45. The van der Waals surface area contributed by atoms with Gasteiger partial charge in [0.15, 0.2) is 0 Å². The number of hydrogen-bond acceptors (Lipinski definition) is 2. The fourth-order valence-corrected chi connectivity index (χ4v) is 3.35. The summed E-state index contributed by atoms with van der Waals surface area (Å²) >= 11 is 5.95. The average molecular weight is 294 g/mol. The number of anilines is 1. The molecule has 2 saturated carbocycles. The average Bonchev–Trinajstić information content (AvgIpc) is 3.21. The number of amides is 1. The van der Waals surface area contributed by atoms with Crippen LogP contribution in [0.1, 0.15) is 38.5 Å². The standard InChI is InChI=1S/C16H20ClNO2/c17-13-5-7-14(8-6-13)18(15(20)12-3-4-12)16(11-19)9-1-2-10-16/h5-8,12,19H,1-4,9-11H2. The fourth-order valence-electron chi connectivity index (χ4n) is 3.22. The van der Waals surface area contributed by atoms with Gasteiger partial charge in [0.05, 0.1) is 12.1 Å². The van der Waals surface area contributed by atoms with E-state index >= 15 is 0 Å². The maximum absolute atomic E-state index is 12.7. The molecule has 1 amide bonds. The number of aliphatic hydroxyl groups excluding tert-OH is 1. The second-order valence-electron chi connectivity index (χ2n) is 6.01. The third-order valence-corrected chi connectivity index (χ3v) is 4.79. The van der Waals surface area contributed by atoms with Crippen molar-refractivity contribution in [3.8, 4) is 0 Å². The van der Waals surface area contributed by atoms with Gasteiger partial charge in [-0.1, -0.05) is 24.4 Å². The predicted octanol–water partition coefficient (Wildman–Crippen LogP) is 3.39. The normalized spacial score (nSPS) is 20.9. The molecule has 3 nitrogen and oxygen atoms in total. The highest BCUT2D eigenvalue weighted by Crippen LogP contribution is 2.42. The molecule has 108 valence electrons. The summed E-state index contributed by atoms with van der Waals surface area (Å²) in [4.78, 5) is 14.6. The van der Waals surface area contributed by atoms with Gasteiger partial charge >= 0.3 is 0 Å². The van der Waals surface area contributed by atoms with Gasteiger partial charge in [-0.25, -0.2) is 0 Å². The minimum atomic E-state index is -0.409. The summed E-state index contributed by atoms with van der Waals surface area (Å²) in [5.74, 6) is 0.318. The Morgan fingerprint density at radius 2 is 1.85 bits per heavy atom. The van der Waals surface area contributed by atoms with Crippen molar-refractivity contribution in [1.29, 1.82) is 0 Å². The fraction of sp³-hybridized carbons (Fsp3) is 0.562. The van der Waals surface area contributed by atoms with Crippen molar-refractivity contribution >= 4 is 23.2 Å². The smallest absolute Gasteiger partial charge is 0.230 e. The van der Waals surface area contributed by atoms with Gasteiger partial charge < -0.3 is 10.0 Å². The van der Waals surface area contributed by atoms with Gasteiger partial charge in [-0.3, -0.25) is 4.79 Å². The van der Waals surface area contributed by atoms with Gasteiger partial charge in [-0.2, -0.15) is 0 Å². The Labute approximate surface area is 124 Å². The molecule has 0 unspecified atom stereocenters. The van der Waals surface area contributed by atoms with Crippen LogP contribution < -0.4 is 4.90 Å². The highest BCUT2D eigenvalue weighted by atomic mass is 35.5. The van der Waals surface area contributed by atoms with Crippen molar-refractivity contribution in [2.24, 2.45) is 5.92 Å². The maximum Gasteiger partial charge on any atom is 0.230 e. The second-order valence-corrected chi connectivity index (χ2v) is 6.45. The van der Waals surface area contributed by atoms with E-state index in [1.807, 2.05) is 29.2 Å². The Morgan fingerprint density at radius 1 is 1.25 bits per heavy atom. The number of carbonyl (C=O) groups is 1. The van der Waals surface area contributed by atoms with Gasteiger partial charge in [-0.15, -0.1) is 0 Å². The van der Waals surface area contributed by atoms with E-state index < -0.39 is 5.54 Å². The van der Waals surface area contributed by atoms with E-state index in [4.69, 9.17) is 11.6 Å². The largest absolute Gasteiger partial charge is 0.394 e. The Bertz CT molecular complexity index is 490. The summed E-state index contributed by atoms with van der Waals surface area (Å²) in [5, 5.41) is 10.6. The van der Waals surface area contributed by atoms with Crippen LogP contribution in [-0.2, 0) is 4.79 Å². The maximum atomic E-state index is 12.7. The van der Waals surface area contributed by atoms with Gasteiger partial charge in [0, 0.05) is 16.6 Å². The lowest BCUT2D eigenvalue weighted by atomic mass is 9.94. The molecule has 1 N–H and O–H groups in total. The Kier molecular flexibility index (Phi) is 3.74. The number of benzene rings is 1. The molecule has 0 aliphatic heterocycles. The molecule has 0 atom stereocenters. The molecular weight excluding hydrogens is 274 g/mol. The Hall–Kier alpha value is -1.06. The van der Waals surface area contributed by atoms with Crippen LogP contribution in [0, 0.1) is 5.92 Å². The highest BCUT2D eigenvalue weighted by molar-refractivity contribution is 6.30. The molecule has 0 radical (unpaired) electrons. The van der Waals surface area contributed by atoms with Crippen LogP contribution >= 0.6 is 11.6 Å². The van der Waals surface area contributed by atoms with Crippen LogP contribution in [0.15, 0.2) is 24.3 Å². The van der Waals surface area contributed by atoms with Crippen LogP contribution in [0.2, 0.25) is 5.02 Å². The van der Waals surface area contributed by atoms with Gasteiger partial charge in [0.25, 0.3) is 0 Å². The molecule has 2 aliphatic carbocycles. The first-order valence-electron chi connectivity index (χ1n) is 7.37. The predicted molar refractivity (Wildman–Crippen MR) is 79.9 cm³/mol. The number of nitrogens with zero attached hydrogens (tertiary/aromatic N) is 1. The van der Waals surface area contributed by atoms with Gasteiger partial charge in [-0.05, 0) is 49.9 Å². The molecular formula is C16H20ClNO2. The first-order chi connectivity index (χ1) is 9.66. The molecule has 0 heterocycles. The minimum absolute atomic E-state index is 0.0358. The summed E-state index contributed by atoms with van der Waals surface area (Å²) in [5.41, 5.74) is 0.454. The lowest BCUT2D eigenvalue weighted by Crippen LogP contribution is -2.53. The van der Waals surface area contributed by atoms with Crippen molar-refractivity contribution < 1.29 is 9.90 Å². The highest BCUT2D eigenvalue weighted by Gasteiger charge is 2.46. The molecule has 0 aromatic heterocycles. The summed E-state index contributed by atoms with van der Waals surface area (Å²) < 4.78 is 0. The minimum Gasteiger partial charge on any atom is -0.394 e. The quantitative estimate of drug-likeness (QED) is 0.924. The summed E-state index contributed by atoms with van der Waals surface area (Å²) in [6.07, 6.45) is 5.86. The van der Waals surface area contributed by atoms with E-state index in [1.165, 1.54) is 0 Å². The van der Waals surface area contributed by atoms with Crippen LogP contribution in [0.3, 0.4) is 0 Å². The van der Waals surface area contributed by atoms with Crippen molar-refractivity contribution in [1.82, 2.24) is 0 Å². The molecule has 4 heteroatoms. The molecule has 0 spiro atoms. The van der Waals surface area contributed by atoms with E-state index in [1.54, 1.807) is 0 Å². The Balaban J connectivity index is 1.98. The van der Waals surface area contributed by atoms with Crippen molar-refractivity contribution in [3.63, 3.8) is 0 Å². The molecule has 2 aliphatic rings. The van der Waals surface area contributed by atoms with Crippen molar-refractivity contribution in [2.45, 2.75) is 44.1 Å². The number of aliphatic hydroxyl groups is 1. The lowest BCUT2D eigenvalue weighted by Gasteiger charge is -2.40. The summed E-state index contributed by atoms with van der Waals surface area (Å²) in [6, 6.07) is 7.39. The van der Waals surface area contributed by atoms with E-state index in [2.05, 4.69) is 0 Å². The van der Waals surface area contributed by atoms with Gasteiger partial charge in [0.2, 0.25) is 5.91 Å². The molecule has 1 aromatic carbocycles. The first kappa shape index (κ1) is 13.9. The summed E-state index contributed by atoms with van der Waals surface area (Å²) in [7, 11) is 0. The van der Waals surface area contributed by atoms with Gasteiger partial charge in [0.1, 0.15) is 0 Å². The third-order valence-electron chi connectivity index (χ3n) is 4.53. The van der Waals surface area contributed by atoms with Crippen molar-refractivity contribution in [3.05, 3.63) is 29.3 Å². The first-order valence-corrected chi connectivity index (χ1v) is 7.75.